The Labute approximate surface area is 180 Å². The minimum Gasteiger partial charge on any atom is -0.314 e. The van der Waals surface area contributed by atoms with Crippen molar-refractivity contribution < 1.29 is 0 Å². The Bertz CT molecular complexity index is 612. The molecule has 8 heteroatoms. The maximum absolute atomic E-state index is 4.73. The van der Waals surface area contributed by atoms with E-state index in [2.05, 4.69) is 68.3 Å². The molecule has 0 saturated heterocycles. The molecule has 3 heterocycles. The molecule has 3 rings (SSSR count). The molecule has 164 valence electrons. The molecular weight excluding hydrogens is 376 g/mol. The van der Waals surface area contributed by atoms with Crippen molar-refractivity contribution in [2.24, 2.45) is 0 Å². The Kier molecular flexibility index (Phi) is 10.7. The lowest BCUT2D eigenvalue weighted by Crippen LogP contribution is -2.33. The lowest BCUT2D eigenvalue weighted by Gasteiger charge is -2.11. The second kappa shape index (κ2) is 14.1. The second-order valence-corrected chi connectivity index (χ2v) is 7.45. The summed E-state index contributed by atoms with van der Waals surface area (Å²) in [5.74, 6) is 0. The normalized spacial score (nSPS) is 18.9. The Morgan fingerprint density at radius 1 is 0.400 bits per heavy atom. The summed E-state index contributed by atoms with van der Waals surface area (Å²) >= 11 is 0. The van der Waals surface area contributed by atoms with Crippen LogP contribution < -0.4 is 31.9 Å². The van der Waals surface area contributed by atoms with Crippen LogP contribution in [0.2, 0.25) is 0 Å². The van der Waals surface area contributed by atoms with E-state index in [1.807, 2.05) is 0 Å². The smallest absolute Gasteiger partial charge is 0.0545 e. The van der Waals surface area contributed by atoms with Gasteiger partial charge in [0.15, 0.2) is 0 Å². The fourth-order valence-electron chi connectivity index (χ4n) is 3.28. The van der Waals surface area contributed by atoms with Crippen LogP contribution in [0.4, 0.5) is 0 Å². The van der Waals surface area contributed by atoms with E-state index < -0.39 is 0 Å². The molecule has 0 unspecified atom stereocenters. The van der Waals surface area contributed by atoms with Crippen LogP contribution in [-0.2, 0) is 26.2 Å². The number of aromatic nitrogens is 2. The van der Waals surface area contributed by atoms with Crippen LogP contribution in [0.3, 0.4) is 0 Å². The van der Waals surface area contributed by atoms with Crippen molar-refractivity contribution in [1.82, 2.24) is 41.9 Å². The van der Waals surface area contributed by atoms with Gasteiger partial charge in [-0.3, -0.25) is 9.97 Å². The van der Waals surface area contributed by atoms with E-state index in [0.717, 1.165) is 101 Å². The highest BCUT2D eigenvalue weighted by Gasteiger charge is 2.00. The number of nitrogens with one attached hydrogen (secondary N) is 6. The summed E-state index contributed by atoms with van der Waals surface area (Å²) in [5, 5.41) is 20.7. The molecule has 0 fully saturated rings. The topological polar surface area (TPSA) is 98.0 Å². The van der Waals surface area contributed by atoms with Crippen LogP contribution in [0.5, 0.6) is 0 Å². The van der Waals surface area contributed by atoms with Crippen LogP contribution in [0.25, 0.3) is 0 Å². The molecule has 0 atom stereocenters. The average Bonchev–Trinajstić information content (AvgIpc) is 2.77. The zero-order chi connectivity index (χ0) is 20.7. The van der Waals surface area contributed by atoms with Gasteiger partial charge < -0.3 is 31.9 Å². The van der Waals surface area contributed by atoms with Crippen molar-refractivity contribution in [1.29, 1.82) is 0 Å². The minimum atomic E-state index is 0.796. The summed E-state index contributed by atoms with van der Waals surface area (Å²) in [5.41, 5.74) is 4.35. The third-order valence-electron chi connectivity index (χ3n) is 4.87. The van der Waals surface area contributed by atoms with Crippen LogP contribution in [-0.4, -0.2) is 62.3 Å². The Morgan fingerprint density at radius 2 is 0.667 bits per heavy atom. The van der Waals surface area contributed by atoms with Gasteiger partial charge >= 0.3 is 0 Å². The van der Waals surface area contributed by atoms with Crippen LogP contribution in [0.1, 0.15) is 22.8 Å². The Morgan fingerprint density at radius 3 is 0.967 bits per heavy atom. The van der Waals surface area contributed by atoms with E-state index in [0.29, 0.717) is 0 Å². The molecule has 0 saturated carbocycles. The maximum Gasteiger partial charge on any atom is 0.0545 e. The summed E-state index contributed by atoms with van der Waals surface area (Å²) in [6.07, 6.45) is 0. The molecule has 6 N–H and O–H groups in total. The molecular formula is C22H36N8. The van der Waals surface area contributed by atoms with E-state index in [1.165, 1.54) is 0 Å². The van der Waals surface area contributed by atoms with Gasteiger partial charge in [0.05, 0.1) is 22.8 Å². The maximum atomic E-state index is 4.73. The highest BCUT2D eigenvalue weighted by atomic mass is 15.0. The first kappa shape index (κ1) is 22.7. The number of pyridine rings is 2. The van der Waals surface area contributed by atoms with E-state index in [9.17, 15) is 0 Å². The van der Waals surface area contributed by atoms with Gasteiger partial charge in [0, 0.05) is 78.5 Å². The fourth-order valence-corrected chi connectivity index (χ4v) is 3.28. The van der Waals surface area contributed by atoms with Gasteiger partial charge in [0.25, 0.3) is 0 Å². The number of fused-ring (bicyclic) bond motifs is 4. The lowest BCUT2D eigenvalue weighted by atomic mass is 10.3. The number of hydrogen-bond donors (Lipinski definition) is 6. The number of hydrogen-bond acceptors (Lipinski definition) is 8. The van der Waals surface area contributed by atoms with Gasteiger partial charge in [-0.05, 0) is 24.3 Å². The van der Waals surface area contributed by atoms with Crippen LogP contribution in [0, 0.1) is 0 Å². The summed E-state index contributed by atoms with van der Waals surface area (Å²) < 4.78 is 0. The van der Waals surface area contributed by atoms with Crippen molar-refractivity contribution in [3.05, 3.63) is 59.2 Å². The molecule has 0 aliphatic carbocycles. The highest BCUT2D eigenvalue weighted by molar-refractivity contribution is 5.12. The molecule has 2 aromatic heterocycles. The standard InChI is InChI=1S/C22H36N8/c1-3-19-15-25-11-7-23-9-13-27-17-21-5-2-6-22(30-21)18-28-14-10-24-8-12-26-16-20(4-1)29-19/h1-6,23-28H,7-18H2. The van der Waals surface area contributed by atoms with Crippen molar-refractivity contribution in [3.63, 3.8) is 0 Å². The predicted octanol–water partition coefficient (Wildman–Crippen LogP) is -0.272. The molecule has 30 heavy (non-hydrogen) atoms. The number of nitrogens with zero attached hydrogens (tertiary/aromatic N) is 2. The molecule has 8 nitrogen and oxygen atoms in total. The lowest BCUT2D eigenvalue weighted by molar-refractivity contribution is 0.565. The van der Waals surface area contributed by atoms with Crippen molar-refractivity contribution in [2.75, 3.05) is 52.4 Å². The van der Waals surface area contributed by atoms with E-state index in [1.54, 1.807) is 0 Å². The molecule has 0 aromatic carbocycles. The van der Waals surface area contributed by atoms with E-state index in [-0.39, 0.29) is 0 Å². The molecule has 1 aliphatic heterocycles. The van der Waals surface area contributed by atoms with Gasteiger partial charge in [-0.25, -0.2) is 0 Å². The molecule has 0 spiro atoms. The molecule has 2 aromatic rings. The van der Waals surface area contributed by atoms with Gasteiger partial charge in [-0.1, -0.05) is 12.1 Å². The van der Waals surface area contributed by atoms with E-state index in [4.69, 9.17) is 9.97 Å². The van der Waals surface area contributed by atoms with Crippen molar-refractivity contribution in [2.45, 2.75) is 26.2 Å². The number of rotatable bonds is 0. The summed E-state index contributed by atoms with van der Waals surface area (Å²) in [6.45, 7) is 10.6. The predicted molar refractivity (Wildman–Crippen MR) is 121 cm³/mol. The summed E-state index contributed by atoms with van der Waals surface area (Å²) in [6, 6.07) is 12.5. The zero-order valence-corrected chi connectivity index (χ0v) is 17.8. The first-order valence-electron chi connectivity index (χ1n) is 11.0. The van der Waals surface area contributed by atoms with Crippen LogP contribution in [0.15, 0.2) is 36.4 Å². The zero-order valence-electron chi connectivity index (χ0n) is 17.8. The fraction of sp³-hybridized carbons (Fsp3) is 0.545. The molecule has 0 radical (unpaired) electrons. The van der Waals surface area contributed by atoms with Gasteiger partial charge in [-0.15, -0.1) is 0 Å². The van der Waals surface area contributed by atoms with Crippen LogP contribution >= 0.6 is 0 Å². The monoisotopic (exact) mass is 412 g/mol. The molecule has 4 bridgehead atoms. The summed E-state index contributed by atoms with van der Waals surface area (Å²) in [4.78, 5) is 9.45. The molecule has 1 aliphatic rings. The van der Waals surface area contributed by atoms with Crippen molar-refractivity contribution >= 4 is 0 Å². The third-order valence-corrected chi connectivity index (χ3v) is 4.87. The summed E-state index contributed by atoms with van der Waals surface area (Å²) in [7, 11) is 0. The Balaban J connectivity index is 1.45. The average molecular weight is 413 g/mol. The largest absolute Gasteiger partial charge is 0.314 e. The quantitative estimate of drug-likeness (QED) is 0.352. The van der Waals surface area contributed by atoms with Gasteiger partial charge in [0.1, 0.15) is 0 Å². The first-order chi connectivity index (χ1) is 14.9. The first-order valence-corrected chi connectivity index (χ1v) is 11.0. The van der Waals surface area contributed by atoms with Crippen molar-refractivity contribution in [3.8, 4) is 0 Å². The highest BCUT2D eigenvalue weighted by Crippen LogP contribution is 2.00. The van der Waals surface area contributed by atoms with Gasteiger partial charge in [0.2, 0.25) is 0 Å². The second-order valence-electron chi connectivity index (χ2n) is 7.45. The SMILES string of the molecule is c1cc2nc(c1)CNCCNCCNCc1cccc(n1)CNCCNCCNC2. The third kappa shape index (κ3) is 9.25. The minimum absolute atomic E-state index is 0.796. The van der Waals surface area contributed by atoms with Gasteiger partial charge in [-0.2, -0.15) is 0 Å². The Hall–Kier alpha value is -1.94. The van der Waals surface area contributed by atoms with E-state index >= 15 is 0 Å². The molecule has 0 amide bonds.